The van der Waals surface area contributed by atoms with Crippen molar-refractivity contribution in [2.24, 2.45) is 5.92 Å². The molecule has 1 amide bonds. The van der Waals surface area contributed by atoms with Gasteiger partial charge in [0, 0.05) is 19.2 Å². The van der Waals surface area contributed by atoms with Crippen LogP contribution in [0.15, 0.2) is 12.1 Å². The highest BCUT2D eigenvalue weighted by atomic mass is 35.5. The maximum absolute atomic E-state index is 12.7. The quantitative estimate of drug-likeness (QED) is 0.922. The van der Waals surface area contributed by atoms with Crippen molar-refractivity contribution in [1.29, 1.82) is 0 Å². The third-order valence-corrected chi connectivity index (χ3v) is 4.49. The molecule has 21 heavy (non-hydrogen) atoms. The van der Waals surface area contributed by atoms with E-state index in [1.54, 1.807) is 12.1 Å². The first-order valence-electron chi connectivity index (χ1n) is 7.03. The van der Waals surface area contributed by atoms with Gasteiger partial charge < -0.3 is 15.0 Å². The Labute approximate surface area is 135 Å². The second kappa shape index (κ2) is 7.34. The van der Waals surface area contributed by atoms with Gasteiger partial charge in [-0.1, -0.05) is 23.2 Å². The minimum Gasteiger partial charge on any atom is -0.496 e. The van der Waals surface area contributed by atoms with Crippen molar-refractivity contribution in [1.82, 2.24) is 10.2 Å². The summed E-state index contributed by atoms with van der Waals surface area (Å²) >= 11 is 12.0. The van der Waals surface area contributed by atoms with Gasteiger partial charge in [-0.2, -0.15) is 0 Å². The van der Waals surface area contributed by atoms with Gasteiger partial charge in [0.2, 0.25) is 0 Å². The average Bonchev–Trinajstić information content (AvgIpc) is 2.49. The minimum absolute atomic E-state index is 0.0498. The van der Waals surface area contributed by atoms with Crippen LogP contribution in [0.3, 0.4) is 0 Å². The Morgan fingerprint density at radius 1 is 1.43 bits per heavy atom. The lowest BCUT2D eigenvalue weighted by atomic mass is 9.97. The lowest BCUT2D eigenvalue weighted by molar-refractivity contribution is 0.0671. The molecule has 1 saturated heterocycles. The molecular formula is C15H20Cl2N2O2. The number of nitrogens with zero attached hydrogens (tertiary/aromatic N) is 1. The molecule has 0 unspecified atom stereocenters. The second-order valence-corrected chi connectivity index (χ2v) is 6.10. The van der Waals surface area contributed by atoms with Gasteiger partial charge in [0.25, 0.3) is 5.91 Å². The highest BCUT2D eigenvalue weighted by Gasteiger charge is 2.26. The van der Waals surface area contributed by atoms with Gasteiger partial charge in [0.05, 0.1) is 22.7 Å². The molecule has 0 spiro atoms. The van der Waals surface area contributed by atoms with Crippen molar-refractivity contribution in [3.63, 3.8) is 0 Å². The van der Waals surface area contributed by atoms with Crippen LogP contribution in [0, 0.1) is 5.92 Å². The third-order valence-electron chi connectivity index (χ3n) is 3.77. The number of nitrogens with one attached hydrogen (secondary N) is 1. The summed E-state index contributed by atoms with van der Waals surface area (Å²) in [5, 5.41) is 3.93. The Morgan fingerprint density at radius 3 is 2.81 bits per heavy atom. The topological polar surface area (TPSA) is 41.6 Å². The van der Waals surface area contributed by atoms with Crippen molar-refractivity contribution < 1.29 is 9.53 Å². The van der Waals surface area contributed by atoms with Gasteiger partial charge >= 0.3 is 0 Å². The van der Waals surface area contributed by atoms with Gasteiger partial charge in [0.1, 0.15) is 5.75 Å². The first kappa shape index (κ1) is 16.4. The van der Waals surface area contributed by atoms with E-state index in [1.165, 1.54) is 7.11 Å². The summed E-state index contributed by atoms with van der Waals surface area (Å²) in [7, 11) is 3.46. The highest BCUT2D eigenvalue weighted by Crippen LogP contribution is 2.32. The molecule has 1 N–H and O–H groups in total. The highest BCUT2D eigenvalue weighted by molar-refractivity contribution is 6.42. The number of methoxy groups -OCH3 is 1. The first-order chi connectivity index (χ1) is 10.1. The zero-order valence-corrected chi connectivity index (χ0v) is 13.8. The number of likely N-dealkylation sites (tertiary alicyclic amines) is 1. The van der Waals surface area contributed by atoms with Gasteiger partial charge in [0.15, 0.2) is 0 Å². The number of amides is 1. The fourth-order valence-corrected chi connectivity index (χ4v) is 3.06. The van der Waals surface area contributed by atoms with Crippen LogP contribution in [-0.2, 0) is 0 Å². The standard InChI is InChI=1S/C15H20Cl2N2O2/c1-18-8-10-4-3-5-19(9-10)15(20)11-6-12(16)13(17)7-14(11)21-2/h6-7,10,18H,3-5,8-9H2,1-2H3/t10-/m1/s1. The van der Waals surface area contributed by atoms with Gasteiger partial charge in [-0.15, -0.1) is 0 Å². The summed E-state index contributed by atoms with van der Waals surface area (Å²) in [6, 6.07) is 3.18. The molecule has 1 fully saturated rings. The van der Waals surface area contributed by atoms with Crippen LogP contribution in [0.5, 0.6) is 5.75 Å². The lowest BCUT2D eigenvalue weighted by Crippen LogP contribution is -2.42. The maximum Gasteiger partial charge on any atom is 0.257 e. The SMILES string of the molecule is CNC[C@H]1CCCN(C(=O)c2cc(Cl)c(Cl)cc2OC)C1. The zero-order chi connectivity index (χ0) is 15.4. The number of carbonyl (C=O) groups is 1. The fourth-order valence-electron chi connectivity index (χ4n) is 2.74. The Hall–Kier alpha value is -0.970. The molecule has 1 aliphatic heterocycles. The maximum atomic E-state index is 12.7. The number of rotatable bonds is 4. The predicted molar refractivity (Wildman–Crippen MR) is 85.6 cm³/mol. The minimum atomic E-state index is -0.0498. The molecule has 1 aromatic rings. The normalized spacial score (nSPS) is 18.7. The average molecular weight is 331 g/mol. The molecule has 0 bridgehead atoms. The predicted octanol–water partition coefficient (Wildman–Crippen LogP) is 3.07. The number of benzene rings is 1. The fraction of sp³-hybridized carbons (Fsp3) is 0.533. The van der Waals surface area contributed by atoms with Crippen LogP contribution in [0.2, 0.25) is 10.0 Å². The number of ether oxygens (including phenoxy) is 1. The molecule has 1 aromatic carbocycles. The van der Waals surface area contributed by atoms with Crippen LogP contribution in [0.1, 0.15) is 23.2 Å². The Bertz CT molecular complexity index is 521. The molecule has 0 saturated carbocycles. The van der Waals surface area contributed by atoms with Crippen LogP contribution in [-0.4, -0.2) is 44.6 Å². The Kier molecular flexibility index (Phi) is 5.73. The van der Waals surface area contributed by atoms with E-state index in [0.717, 1.165) is 32.5 Å². The van der Waals surface area contributed by atoms with Crippen LogP contribution < -0.4 is 10.1 Å². The largest absolute Gasteiger partial charge is 0.496 e. The van der Waals surface area contributed by atoms with E-state index in [-0.39, 0.29) is 5.91 Å². The molecule has 6 heteroatoms. The van der Waals surface area contributed by atoms with Crippen LogP contribution in [0.4, 0.5) is 0 Å². The van der Waals surface area contributed by atoms with Crippen molar-refractivity contribution in [2.75, 3.05) is 33.8 Å². The molecule has 0 radical (unpaired) electrons. The van der Waals surface area contributed by atoms with Crippen molar-refractivity contribution in [3.8, 4) is 5.75 Å². The monoisotopic (exact) mass is 330 g/mol. The van der Waals surface area contributed by atoms with Crippen LogP contribution >= 0.6 is 23.2 Å². The molecule has 0 aliphatic carbocycles. The summed E-state index contributed by atoms with van der Waals surface area (Å²) in [4.78, 5) is 14.6. The Balaban J connectivity index is 2.21. The molecule has 4 nitrogen and oxygen atoms in total. The second-order valence-electron chi connectivity index (χ2n) is 5.28. The first-order valence-corrected chi connectivity index (χ1v) is 7.79. The molecule has 0 aromatic heterocycles. The van der Waals surface area contributed by atoms with E-state index in [1.807, 2.05) is 11.9 Å². The number of piperidine rings is 1. The number of carbonyl (C=O) groups excluding carboxylic acids is 1. The van der Waals surface area contributed by atoms with Crippen molar-refractivity contribution in [2.45, 2.75) is 12.8 Å². The number of hydrogen-bond donors (Lipinski definition) is 1. The van der Waals surface area contributed by atoms with E-state index in [0.29, 0.717) is 27.3 Å². The van der Waals surface area contributed by atoms with Crippen molar-refractivity contribution in [3.05, 3.63) is 27.7 Å². The van der Waals surface area contributed by atoms with E-state index < -0.39 is 0 Å². The van der Waals surface area contributed by atoms with E-state index in [4.69, 9.17) is 27.9 Å². The van der Waals surface area contributed by atoms with Gasteiger partial charge in [-0.3, -0.25) is 4.79 Å². The van der Waals surface area contributed by atoms with Crippen molar-refractivity contribution >= 4 is 29.1 Å². The third kappa shape index (κ3) is 3.82. The summed E-state index contributed by atoms with van der Waals surface area (Å²) in [6.45, 7) is 2.44. The lowest BCUT2D eigenvalue weighted by Gasteiger charge is -2.33. The molecule has 116 valence electrons. The molecule has 2 rings (SSSR count). The van der Waals surface area contributed by atoms with E-state index >= 15 is 0 Å². The Morgan fingerprint density at radius 2 is 2.14 bits per heavy atom. The van der Waals surface area contributed by atoms with Gasteiger partial charge in [-0.25, -0.2) is 0 Å². The number of halogens is 2. The molecular weight excluding hydrogens is 311 g/mol. The molecule has 1 aliphatic rings. The summed E-state index contributed by atoms with van der Waals surface area (Å²) in [5.41, 5.74) is 0.469. The summed E-state index contributed by atoms with van der Waals surface area (Å²) < 4.78 is 5.26. The number of hydrogen-bond acceptors (Lipinski definition) is 3. The molecule has 1 heterocycles. The smallest absolute Gasteiger partial charge is 0.257 e. The van der Waals surface area contributed by atoms with E-state index in [2.05, 4.69) is 5.32 Å². The van der Waals surface area contributed by atoms with Crippen LogP contribution in [0.25, 0.3) is 0 Å². The summed E-state index contributed by atoms with van der Waals surface area (Å²) in [5.74, 6) is 0.901. The summed E-state index contributed by atoms with van der Waals surface area (Å²) in [6.07, 6.45) is 2.16. The van der Waals surface area contributed by atoms with E-state index in [9.17, 15) is 4.79 Å². The van der Waals surface area contributed by atoms with Gasteiger partial charge in [-0.05, 0) is 38.4 Å². The molecule has 1 atom stereocenters. The zero-order valence-electron chi connectivity index (χ0n) is 12.3.